The van der Waals surface area contributed by atoms with Crippen molar-refractivity contribution in [1.82, 2.24) is 25.7 Å². The molecular weight excluding hydrogens is 479 g/mol. The molecule has 0 spiro atoms. The van der Waals surface area contributed by atoms with Gasteiger partial charge in [0.2, 0.25) is 0 Å². The summed E-state index contributed by atoms with van der Waals surface area (Å²) in [5, 5.41) is 13.8. The smallest absolute Gasteiger partial charge is 0.251 e. The van der Waals surface area contributed by atoms with Gasteiger partial charge >= 0.3 is 0 Å². The van der Waals surface area contributed by atoms with E-state index in [2.05, 4.69) is 33.0 Å². The van der Waals surface area contributed by atoms with Gasteiger partial charge in [0.1, 0.15) is 0 Å². The number of halogens is 1. The zero-order valence-corrected chi connectivity index (χ0v) is 19.8. The van der Waals surface area contributed by atoms with Crippen molar-refractivity contribution in [3.63, 3.8) is 0 Å². The van der Waals surface area contributed by atoms with Gasteiger partial charge < -0.3 is 16.0 Å². The van der Waals surface area contributed by atoms with Crippen LogP contribution in [0.2, 0.25) is 0 Å². The first kappa shape index (κ1) is 24.9. The van der Waals surface area contributed by atoms with Crippen molar-refractivity contribution in [3.8, 4) is 0 Å². The topological polar surface area (TPSA) is 83.3 Å². The molecule has 8 heteroatoms. The van der Waals surface area contributed by atoms with E-state index in [1.54, 1.807) is 6.20 Å². The highest BCUT2D eigenvalue weighted by Gasteiger charge is 2.09. The first-order valence-electron chi connectivity index (χ1n) is 10.0. The Labute approximate surface area is 190 Å². The van der Waals surface area contributed by atoms with Crippen LogP contribution >= 0.6 is 24.0 Å². The van der Waals surface area contributed by atoms with Gasteiger partial charge in [-0.05, 0) is 50.5 Å². The Morgan fingerprint density at radius 2 is 2.07 bits per heavy atom. The third kappa shape index (κ3) is 9.29. The highest BCUT2D eigenvalue weighted by Crippen LogP contribution is 2.07. The molecule has 0 bridgehead atoms. The van der Waals surface area contributed by atoms with Crippen LogP contribution in [-0.2, 0) is 13.1 Å². The first-order chi connectivity index (χ1) is 13.6. The predicted octanol–water partition coefficient (Wildman–Crippen LogP) is 3.17. The summed E-state index contributed by atoms with van der Waals surface area (Å²) in [6, 6.07) is 9.73. The predicted molar refractivity (Wildman–Crippen MR) is 129 cm³/mol. The molecule has 1 aromatic carbocycles. The maximum Gasteiger partial charge on any atom is 0.251 e. The van der Waals surface area contributed by atoms with Crippen LogP contribution in [0.5, 0.6) is 0 Å². The number of nitrogens with zero attached hydrogens (tertiary/aromatic N) is 3. The summed E-state index contributed by atoms with van der Waals surface area (Å²) in [5.74, 6) is 0.737. The van der Waals surface area contributed by atoms with Gasteiger partial charge in [-0.1, -0.05) is 19.1 Å². The third-order valence-electron chi connectivity index (χ3n) is 4.36. The summed E-state index contributed by atoms with van der Waals surface area (Å²) in [7, 11) is 0. The van der Waals surface area contributed by atoms with Gasteiger partial charge in [0.25, 0.3) is 5.91 Å². The van der Waals surface area contributed by atoms with Crippen LogP contribution in [0.15, 0.2) is 47.7 Å². The van der Waals surface area contributed by atoms with Crippen LogP contribution in [0.3, 0.4) is 0 Å². The summed E-state index contributed by atoms with van der Waals surface area (Å²) in [6.07, 6.45) is 5.62. The van der Waals surface area contributed by atoms with Crippen LogP contribution in [0.25, 0.3) is 0 Å². The molecule has 1 amide bonds. The Hall–Kier alpha value is -2.10. The van der Waals surface area contributed by atoms with E-state index in [-0.39, 0.29) is 35.9 Å². The lowest BCUT2D eigenvalue weighted by atomic mass is 10.1. The van der Waals surface area contributed by atoms with Gasteiger partial charge in [-0.15, -0.1) is 24.0 Å². The number of guanidine groups is 1. The molecule has 0 aliphatic carbocycles. The van der Waals surface area contributed by atoms with E-state index in [1.165, 1.54) is 0 Å². The number of benzene rings is 1. The molecule has 2 rings (SSSR count). The van der Waals surface area contributed by atoms with E-state index in [4.69, 9.17) is 0 Å². The first-order valence-corrected chi connectivity index (χ1v) is 10.0. The lowest BCUT2D eigenvalue weighted by Crippen LogP contribution is -2.38. The van der Waals surface area contributed by atoms with Gasteiger partial charge in [-0.25, -0.2) is 4.99 Å². The highest BCUT2D eigenvalue weighted by molar-refractivity contribution is 14.0. The van der Waals surface area contributed by atoms with E-state index in [0.717, 1.165) is 44.0 Å². The Morgan fingerprint density at radius 1 is 1.24 bits per heavy atom. The highest BCUT2D eigenvalue weighted by atomic mass is 127. The second-order valence-electron chi connectivity index (χ2n) is 6.73. The van der Waals surface area contributed by atoms with Crippen LogP contribution in [0.4, 0.5) is 0 Å². The number of aryl methyl sites for hydroxylation is 1. The van der Waals surface area contributed by atoms with Gasteiger partial charge in [0, 0.05) is 43.6 Å². The zero-order chi connectivity index (χ0) is 20.2. The Bertz CT molecular complexity index is 747. The maximum absolute atomic E-state index is 12.3. The van der Waals surface area contributed by atoms with E-state index in [0.29, 0.717) is 12.1 Å². The fourth-order valence-electron chi connectivity index (χ4n) is 2.61. The number of rotatable bonds is 10. The molecule has 3 N–H and O–H groups in total. The largest absolute Gasteiger partial charge is 0.357 e. The molecule has 29 heavy (non-hydrogen) atoms. The third-order valence-corrected chi connectivity index (χ3v) is 4.36. The van der Waals surface area contributed by atoms with E-state index in [9.17, 15) is 4.79 Å². The van der Waals surface area contributed by atoms with Crippen molar-refractivity contribution in [2.24, 2.45) is 4.99 Å². The van der Waals surface area contributed by atoms with Crippen molar-refractivity contribution < 1.29 is 4.79 Å². The van der Waals surface area contributed by atoms with Crippen LogP contribution < -0.4 is 16.0 Å². The van der Waals surface area contributed by atoms with Gasteiger partial charge in [0.15, 0.2) is 5.96 Å². The summed E-state index contributed by atoms with van der Waals surface area (Å²) in [4.78, 5) is 16.9. The SMILES string of the molecule is CCNC(=NCc1cccc(C(=O)NC(C)CC)c1)NCCCn1cccn1.I. The van der Waals surface area contributed by atoms with Crippen LogP contribution in [0.1, 0.15) is 49.5 Å². The number of carbonyl (C=O) groups is 1. The van der Waals surface area contributed by atoms with Crippen LogP contribution in [-0.4, -0.2) is 40.8 Å². The summed E-state index contributed by atoms with van der Waals surface area (Å²) >= 11 is 0. The van der Waals surface area contributed by atoms with E-state index in [1.807, 2.05) is 55.1 Å². The Kier molecular flexibility index (Phi) is 12.0. The number of aliphatic imine (C=N–C) groups is 1. The van der Waals surface area contributed by atoms with Crippen LogP contribution in [0, 0.1) is 0 Å². The summed E-state index contributed by atoms with van der Waals surface area (Å²) in [6.45, 7) is 9.09. The molecule has 1 unspecified atom stereocenters. The molecule has 1 heterocycles. The standard InChI is InChI=1S/C21H32N6O.HI/c1-4-17(3)26-20(28)19-10-6-9-18(15-19)16-24-21(22-5-2)23-11-7-13-27-14-8-12-25-27;/h6,8-10,12,14-15,17H,4-5,7,11,13,16H2,1-3H3,(H,26,28)(H2,22,23,24);1H. The molecule has 1 aromatic heterocycles. The molecule has 2 aromatic rings. The zero-order valence-electron chi connectivity index (χ0n) is 17.5. The second-order valence-corrected chi connectivity index (χ2v) is 6.73. The summed E-state index contributed by atoms with van der Waals surface area (Å²) in [5.41, 5.74) is 1.68. The Balaban J connectivity index is 0.00000420. The normalized spacial score (nSPS) is 12.0. The number of hydrogen-bond donors (Lipinski definition) is 3. The average Bonchev–Trinajstić information content (AvgIpc) is 3.22. The number of carbonyl (C=O) groups excluding carboxylic acids is 1. The number of aromatic nitrogens is 2. The van der Waals surface area contributed by atoms with Crippen molar-refractivity contribution >= 4 is 35.8 Å². The molecule has 0 saturated heterocycles. The molecular formula is C21H33IN6O. The molecule has 0 fully saturated rings. The van der Waals surface area contributed by atoms with Crippen molar-refractivity contribution in [1.29, 1.82) is 0 Å². The summed E-state index contributed by atoms with van der Waals surface area (Å²) < 4.78 is 1.92. The number of amides is 1. The van der Waals surface area contributed by atoms with Crippen molar-refractivity contribution in [2.75, 3.05) is 13.1 Å². The van der Waals surface area contributed by atoms with E-state index >= 15 is 0 Å². The minimum Gasteiger partial charge on any atom is -0.357 e. The lowest BCUT2D eigenvalue weighted by molar-refractivity contribution is 0.0939. The number of hydrogen-bond acceptors (Lipinski definition) is 3. The quantitative estimate of drug-likeness (QED) is 0.198. The molecule has 7 nitrogen and oxygen atoms in total. The Morgan fingerprint density at radius 3 is 2.76 bits per heavy atom. The average molecular weight is 512 g/mol. The molecule has 0 saturated carbocycles. The minimum absolute atomic E-state index is 0. The van der Waals surface area contributed by atoms with Crippen molar-refractivity contribution in [3.05, 3.63) is 53.9 Å². The molecule has 0 aliphatic rings. The van der Waals surface area contributed by atoms with E-state index < -0.39 is 0 Å². The molecule has 0 aliphatic heterocycles. The maximum atomic E-state index is 12.3. The van der Waals surface area contributed by atoms with Gasteiger partial charge in [-0.2, -0.15) is 5.10 Å². The molecule has 1 atom stereocenters. The van der Waals surface area contributed by atoms with Gasteiger partial charge in [-0.3, -0.25) is 9.48 Å². The fourth-order valence-corrected chi connectivity index (χ4v) is 2.61. The number of nitrogens with one attached hydrogen (secondary N) is 3. The van der Waals surface area contributed by atoms with Gasteiger partial charge in [0.05, 0.1) is 6.54 Å². The molecule has 160 valence electrons. The van der Waals surface area contributed by atoms with Crippen molar-refractivity contribution in [2.45, 2.75) is 52.7 Å². The second kappa shape index (κ2) is 14.0. The monoisotopic (exact) mass is 512 g/mol. The molecule has 0 radical (unpaired) electrons. The minimum atomic E-state index is -0.0381. The lowest BCUT2D eigenvalue weighted by Gasteiger charge is -2.13. The fraction of sp³-hybridized carbons (Fsp3) is 0.476.